The first-order valence-electron chi connectivity index (χ1n) is 9.57. The van der Waals surface area contributed by atoms with Crippen LogP contribution in [0.4, 0.5) is 4.39 Å². The van der Waals surface area contributed by atoms with E-state index in [0.717, 1.165) is 45.7 Å². The number of ether oxygens (including phenoxy) is 1. The van der Waals surface area contributed by atoms with E-state index in [1.165, 1.54) is 18.6 Å². The Labute approximate surface area is 152 Å². The van der Waals surface area contributed by atoms with Crippen LogP contribution in [-0.4, -0.2) is 47.3 Å². The zero-order valence-corrected chi connectivity index (χ0v) is 15.3. The monoisotopic (exact) mass is 359 g/mol. The van der Waals surface area contributed by atoms with Crippen LogP contribution in [0, 0.1) is 24.6 Å². The topological polar surface area (TPSA) is 47.4 Å². The third kappa shape index (κ3) is 3.67. The van der Waals surface area contributed by atoms with Gasteiger partial charge >= 0.3 is 0 Å². The van der Waals surface area contributed by atoms with Gasteiger partial charge < -0.3 is 9.64 Å². The van der Waals surface area contributed by atoms with Crippen LogP contribution in [-0.2, 0) is 11.3 Å². The minimum Gasteiger partial charge on any atom is -0.381 e. The Bertz CT molecular complexity index is 837. The lowest BCUT2D eigenvalue weighted by Crippen LogP contribution is -2.39. The molecule has 1 aromatic carbocycles. The van der Waals surface area contributed by atoms with Crippen molar-refractivity contribution in [2.75, 3.05) is 32.8 Å². The molecule has 0 bridgehead atoms. The maximum Gasteiger partial charge on any atom is 0.261 e. The molecular formula is C20H26FN3O2. The van der Waals surface area contributed by atoms with Crippen molar-refractivity contribution in [3.05, 3.63) is 40.2 Å². The van der Waals surface area contributed by atoms with Gasteiger partial charge in [-0.25, -0.2) is 9.37 Å². The molecule has 2 aliphatic heterocycles. The Balaban J connectivity index is 1.43. The van der Waals surface area contributed by atoms with E-state index in [9.17, 15) is 9.18 Å². The van der Waals surface area contributed by atoms with Gasteiger partial charge in [0.05, 0.1) is 17.5 Å². The number of aromatic nitrogens is 2. The van der Waals surface area contributed by atoms with Gasteiger partial charge in [0, 0.05) is 25.8 Å². The SMILES string of the molecule is Cc1nc2cc(F)ccc2c(=O)n1CC1CCN(CC2CCOC2)CC1. The van der Waals surface area contributed by atoms with Crippen LogP contribution in [0.1, 0.15) is 25.1 Å². The maximum absolute atomic E-state index is 13.4. The van der Waals surface area contributed by atoms with Crippen molar-refractivity contribution in [2.45, 2.75) is 32.7 Å². The number of benzene rings is 1. The fraction of sp³-hybridized carbons (Fsp3) is 0.600. The van der Waals surface area contributed by atoms with E-state index in [0.29, 0.717) is 35.1 Å². The summed E-state index contributed by atoms with van der Waals surface area (Å²) in [6.45, 7) is 7.64. The summed E-state index contributed by atoms with van der Waals surface area (Å²) in [6.07, 6.45) is 3.37. The zero-order chi connectivity index (χ0) is 18.1. The predicted molar refractivity (Wildman–Crippen MR) is 98.8 cm³/mol. The molecule has 1 unspecified atom stereocenters. The number of hydrogen-bond donors (Lipinski definition) is 0. The first-order valence-corrected chi connectivity index (χ1v) is 9.57. The normalized spacial score (nSPS) is 22.3. The molecule has 140 valence electrons. The molecule has 0 saturated carbocycles. The largest absolute Gasteiger partial charge is 0.381 e. The molecule has 0 N–H and O–H groups in total. The first-order chi connectivity index (χ1) is 12.6. The highest BCUT2D eigenvalue weighted by atomic mass is 19.1. The Morgan fingerprint density at radius 1 is 1.19 bits per heavy atom. The number of hydrogen-bond acceptors (Lipinski definition) is 4. The first kappa shape index (κ1) is 17.6. The Hall–Kier alpha value is -1.79. The standard InChI is InChI=1S/C20H26FN3O2/c1-14-22-19-10-17(21)2-3-18(19)20(25)24(14)12-15-4-7-23(8-5-15)11-16-6-9-26-13-16/h2-3,10,15-16H,4-9,11-13H2,1H3. The van der Waals surface area contributed by atoms with Crippen LogP contribution in [0.25, 0.3) is 10.9 Å². The molecule has 6 heteroatoms. The lowest BCUT2D eigenvalue weighted by molar-refractivity contribution is 0.135. The lowest BCUT2D eigenvalue weighted by Gasteiger charge is -2.33. The van der Waals surface area contributed by atoms with Gasteiger partial charge in [-0.05, 0) is 63.2 Å². The number of aryl methyl sites for hydroxylation is 1. The molecule has 2 saturated heterocycles. The Morgan fingerprint density at radius 3 is 2.73 bits per heavy atom. The number of fused-ring (bicyclic) bond motifs is 1. The molecule has 1 aromatic heterocycles. The fourth-order valence-electron chi connectivity index (χ4n) is 4.22. The highest BCUT2D eigenvalue weighted by molar-refractivity contribution is 5.77. The van der Waals surface area contributed by atoms with Crippen molar-refractivity contribution in [1.29, 1.82) is 0 Å². The van der Waals surface area contributed by atoms with E-state index < -0.39 is 0 Å². The summed E-state index contributed by atoms with van der Waals surface area (Å²) in [6, 6.07) is 4.21. The molecule has 0 amide bonds. The summed E-state index contributed by atoms with van der Waals surface area (Å²) in [5, 5.41) is 0.496. The van der Waals surface area contributed by atoms with Gasteiger partial charge in [0.15, 0.2) is 0 Å². The fourth-order valence-corrected chi connectivity index (χ4v) is 4.22. The maximum atomic E-state index is 13.4. The second-order valence-corrected chi connectivity index (χ2v) is 7.71. The van der Waals surface area contributed by atoms with Crippen molar-refractivity contribution in [3.63, 3.8) is 0 Å². The summed E-state index contributed by atoms with van der Waals surface area (Å²) >= 11 is 0. The molecule has 0 spiro atoms. The van der Waals surface area contributed by atoms with Crippen LogP contribution in [0.15, 0.2) is 23.0 Å². The summed E-state index contributed by atoms with van der Waals surface area (Å²) in [4.78, 5) is 19.8. The van der Waals surface area contributed by atoms with E-state index in [4.69, 9.17) is 4.74 Å². The molecule has 0 aliphatic carbocycles. The van der Waals surface area contributed by atoms with Gasteiger partial charge in [0.1, 0.15) is 11.6 Å². The smallest absolute Gasteiger partial charge is 0.261 e. The van der Waals surface area contributed by atoms with Crippen LogP contribution >= 0.6 is 0 Å². The van der Waals surface area contributed by atoms with Gasteiger partial charge in [0.25, 0.3) is 5.56 Å². The third-order valence-electron chi connectivity index (χ3n) is 5.80. The second kappa shape index (κ2) is 7.45. The minimum atomic E-state index is -0.360. The van der Waals surface area contributed by atoms with Gasteiger partial charge in [-0.1, -0.05) is 0 Å². The van der Waals surface area contributed by atoms with Crippen molar-refractivity contribution >= 4 is 10.9 Å². The van der Waals surface area contributed by atoms with Gasteiger partial charge in [-0.3, -0.25) is 9.36 Å². The molecule has 4 rings (SSSR count). The number of halogens is 1. The molecule has 0 radical (unpaired) electrons. The number of piperidine rings is 1. The van der Waals surface area contributed by atoms with Crippen molar-refractivity contribution < 1.29 is 9.13 Å². The second-order valence-electron chi connectivity index (χ2n) is 7.71. The summed E-state index contributed by atoms with van der Waals surface area (Å²) < 4.78 is 20.6. The van der Waals surface area contributed by atoms with E-state index in [-0.39, 0.29) is 11.4 Å². The molecule has 2 aliphatic rings. The average molecular weight is 359 g/mol. The highest BCUT2D eigenvalue weighted by Crippen LogP contribution is 2.22. The molecular weight excluding hydrogens is 333 g/mol. The average Bonchev–Trinajstić information content (AvgIpc) is 3.13. The van der Waals surface area contributed by atoms with Crippen LogP contribution in [0.3, 0.4) is 0 Å². The van der Waals surface area contributed by atoms with Crippen molar-refractivity contribution in [2.24, 2.45) is 11.8 Å². The Morgan fingerprint density at radius 2 is 2.00 bits per heavy atom. The predicted octanol–water partition coefficient (Wildman–Crippen LogP) is 2.59. The molecule has 2 fully saturated rings. The molecule has 1 atom stereocenters. The number of likely N-dealkylation sites (tertiary alicyclic amines) is 1. The molecule has 5 nitrogen and oxygen atoms in total. The van der Waals surface area contributed by atoms with Crippen LogP contribution < -0.4 is 5.56 Å². The quantitative estimate of drug-likeness (QED) is 0.842. The lowest BCUT2D eigenvalue weighted by atomic mass is 9.95. The van der Waals surface area contributed by atoms with E-state index >= 15 is 0 Å². The van der Waals surface area contributed by atoms with Gasteiger partial charge in [-0.2, -0.15) is 0 Å². The van der Waals surface area contributed by atoms with E-state index in [1.807, 2.05) is 6.92 Å². The summed E-state index contributed by atoms with van der Waals surface area (Å²) in [5.74, 6) is 1.48. The van der Waals surface area contributed by atoms with Crippen LogP contribution in [0.5, 0.6) is 0 Å². The van der Waals surface area contributed by atoms with E-state index in [1.54, 1.807) is 10.6 Å². The molecule has 26 heavy (non-hydrogen) atoms. The number of nitrogens with zero attached hydrogens (tertiary/aromatic N) is 3. The zero-order valence-electron chi connectivity index (χ0n) is 15.3. The summed E-state index contributed by atoms with van der Waals surface area (Å²) in [5.41, 5.74) is 0.385. The van der Waals surface area contributed by atoms with Gasteiger partial charge in [-0.15, -0.1) is 0 Å². The van der Waals surface area contributed by atoms with E-state index in [2.05, 4.69) is 9.88 Å². The minimum absolute atomic E-state index is 0.0574. The van der Waals surface area contributed by atoms with Crippen LogP contribution in [0.2, 0.25) is 0 Å². The Kier molecular flexibility index (Phi) is 5.05. The molecule has 2 aromatic rings. The molecule has 3 heterocycles. The number of rotatable bonds is 4. The van der Waals surface area contributed by atoms with Gasteiger partial charge in [0.2, 0.25) is 0 Å². The summed E-state index contributed by atoms with van der Waals surface area (Å²) in [7, 11) is 0. The van der Waals surface area contributed by atoms with Crippen molar-refractivity contribution in [1.82, 2.24) is 14.5 Å². The van der Waals surface area contributed by atoms with Crippen molar-refractivity contribution in [3.8, 4) is 0 Å². The highest BCUT2D eigenvalue weighted by Gasteiger charge is 2.24. The third-order valence-corrected chi connectivity index (χ3v) is 5.80.